The fraction of sp³-hybridized carbons (Fsp3) is 0.700. The lowest BCUT2D eigenvalue weighted by atomic mass is 10.1. The molecular formula is C20H37IN4O. The van der Waals surface area contributed by atoms with E-state index in [4.69, 9.17) is 0 Å². The van der Waals surface area contributed by atoms with Crippen LogP contribution in [-0.2, 0) is 6.54 Å². The fourth-order valence-corrected chi connectivity index (χ4v) is 2.89. The third-order valence-corrected chi connectivity index (χ3v) is 4.47. The van der Waals surface area contributed by atoms with Gasteiger partial charge in [0.2, 0.25) is 0 Å². The Bertz CT molecular complexity index is 571. The van der Waals surface area contributed by atoms with Gasteiger partial charge < -0.3 is 15.2 Å². The molecule has 1 unspecified atom stereocenters. The number of hydrogen-bond donors (Lipinski definition) is 2. The van der Waals surface area contributed by atoms with E-state index >= 15 is 0 Å². The summed E-state index contributed by atoms with van der Waals surface area (Å²) in [5.74, 6) is 0.871. The Kier molecular flexibility index (Phi) is 14.4. The Morgan fingerprint density at radius 3 is 2.62 bits per heavy atom. The second kappa shape index (κ2) is 15.1. The molecule has 0 radical (unpaired) electrons. The number of nitrogens with one attached hydrogen (secondary N) is 2. The SMILES string of the molecule is CCCCCCC(C)NC(=NC)NCCCCn1c(C)cccc1=O.I. The standard InChI is InChI=1S/C20H36N4O.HI/c1-5-6-7-8-12-17(2)23-20(21-4)22-15-9-10-16-24-18(3)13-11-14-19(24)25;/h11,13-14,17H,5-10,12,15-16H2,1-4H3,(H2,21,22,23);1H. The predicted octanol–water partition coefficient (Wildman–Crippen LogP) is 4.08. The van der Waals surface area contributed by atoms with E-state index in [1.54, 1.807) is 6.07 Å². The monoisotopic (exact) mass is 476 g/mol. The lowest BCUT2D eigenvalue weighted by molar-refractivity contribution is 0.533. The average Bonchev–Trinajstić information content (AvgIpc) is 2.59. The first-order valence-corrected chi connectivity index (χ1v) is 9.72. The zero-order valence-electron chi connectivity index (χ0n) is 16.9. The average molecular weight is 476 g/mol. The summed E-state index contributed by atoms with van der Waals surface area (Å²) in [6.45, 7) is 8.07. The lowest BCUT2D eigenvalue weighted by Crippen LogP contribution is -2.42. The van der Waals surface area contributed by atoms with Gasteiger partial charge in [0.25, 0.3) is 5.56 Å². The predicted molar refractivity (Wildman–Crippen MR) is 123 cm³/mol. The van der Waals surface area contributed by atoms with Crippen molar-refractivity contribution < 1.29 is 0 Å². The molecule has 0 saturated heterocycles. The van der Waals surface area contributed by atoms with Crippen molar-refractivity contribution in [1.82, 2.24) is 15.2 Å². The van der Waals surface area contributed by atoms with Crippen LogP contribution >= 0.6 is 24.0 Å². The number of aromatic nitrogens is 1. The van der Waals surface area contributed by atoms with Crippen molar-refractivity contribution in [2.24, 2.45) is 4.99 Å². The number of aryl methyl sites for hydroxylation is 1. The molecule has 0 amide bonds. The molecule has 5 nitrogen and oxygen atoms in total. The highest BCUT2D eigenvalue weighted by Gasteiger charge is 2.05. The molecule has 0 aliphatic carbocycles. The van der Waals surface area contributed by atoms with Gasteiger partial charge in [-0.3, -0.25) is 9.79 Å². The minimum absolute atomic E-state index is 0. The van der Waals surface area contributed by atoms with Crippen LogP contribution in [0.2, 0.25) is 0 Å². The Labute approximate surface area is 176 Å². The lowest BCUT2D eigenvalue weighted by Gasteiger charge is -2.18. The minimum Gasteiger partial charge on any atom is -0.356 e. The summed E-state index contributed by atoms with van der Waals surface area (Å²) < 4.78 is 1.84. The summed E-state index contributed by atoms with van der Waals surface area (Å²) in [6.07, 6.45) is 8.34. The van der Waals surface area contributed by atoms with Crippen molar-refractivity contribution in [3.8, 4) is 0 Å². The Morgan fingerprint density at radius 1 is 1.19 bits per heavy atom. The number of aliphatic imine (C=N–C) groups is 1. The van der Waals surface area contributed by atoms with Crippen LogP contribution in [0.3, 0.4) is 0 Å². The topological polar surface area (TPSA) is 58.4 Å². The molecule has 1 heterocycles. The van der Waals surface area contributed by atoms with Crippen molar-refractivity contribution in [2.45, 2.75) is 78.3 Å². The van der Waals surface area contributed by atoms with Crippen LogP contribution in [0.25, 0.3) is 0 Å². The summed E-state index contributed by atoms with van der Waals surface area (Å²) in [5.41, 5.74) is 1.11. The van der Waals surface area contributed by atoms with E-state index in [2.05, 4.69) is 29.5 Å². The number of halogens is 1. The summed E-state index contributed by atoms with van der Waals surface area (Å²) in [6, 6.07) is 5.86. The first kappa shape index (κ1) is 24.9. The number of pyridine rings is 1. The molecule has 150 valence electrons. The molecule has 1 aromatic rings. The molecule has 0 aliphatic heterocycles. The highest BCUT2D eigenvalue weighted by molar-refractivity contribution is 14.0. The molecule has 0 aromatic carbocycles. The van der Waals surface area contributed by atoms with Crippen LogP contribution in [0, 0.1) is 6.92 Å². The van der Waals surface area contributed by atoms with Gasteiger partial charge in [0.1, 0.15) is 0 Å². The molecule has 1 rings (SSSR count). The Balaban J connectivity index is 0.00000625. The van der Waals surface area contributed by atoms with Gasteiger partial charge in [0.05, 0.1) is 0 Å². The zero-order chi connectivity index (χ0) is 18.5. The second-order valence-electron chi connectivity index (χ2n) is 6.76. The maximum Gasteiger partial charge on any atom is 0.250 e. The molecule has 0 spiro atoms. The van der Waals surface area contributed by atoms with Crippen LogP contribution in [0.1, 0.15) is 64.5 Å². The van der Waals surface area contributed by atoms with Crippen LogP contribution in [0.4, 0.5) is 0 Å². The van der Waals surface area contributed by atoms with Gasteiger partial charge in [0.15, 0.2) is 5.96 Å². The van der Waals surface area contributed by atoms with Gasteiger partial charge in [0, 0.05) is 37.9 Å². The first-order valence-electron chi connectivity index (χ1n) is 9.72. The van der Waals surface area contributed by atoms with Crippen LogP contribution in [0.5, 0.6) is 0 Å². The Hall–Kier alpha value is -1.05. The second-order valence-corrected chi connectivity index (χ2v) is 6.76. The number of guanidine groups is 1. The van der Waals surface area contributed by atoms with Gasteiger partial charge >= 0.3 is 0 Å². The summed E-state index contributed by atoms with van der Waals surface area (Å²) in [5, 5.41) is 6.82. The molecule has 1 aromatic heterocycles. The van der Waals surface area contributed by atoms with Crippen LogP contribution in [0.15, 0.2) is 28.0 Å². The smallest absolute Gasteiger partial charge is 0.250 e. The number of hydrogen-bond acceptors (Lipinski definition) is 2. The van der Waals surface area contributed by atoms with Gasteiger partial charge in [-0.1, -0.05) is 38.7 Å². The highest BCUT2D eigenvalue weighted by Crippen LogP contribution is 2.05. The molecule has 26 heavy (non-hydrogen) atoms. The number of nitrogens with zero attached hydrogens (tertiary/aromatic N) is 2. The highest BCUT2D eigenvalue weighted by atomic mass is 127. The number of rotatable bonds is 11. The Morgan fingerprint density at radius 2 is 1.96 bits per heavy atom. The maximum absolute atomic E-state index is 11.8. The van der Waals surface area contributed by atoms with Gasteiger partial charge in [-0.25, -0.2) is 0 Å². The van der Waals surface area contributed by atoms with Crippen molar-refractivity contribution in [3.63, 3.8) is 0 Å². The van der Waals surface area contributed by atoms with E-state index in [-0.39, 0.29) is 29.5 Å². The van der Waals surface area contributed by atoms with Crippen LogP contribution in [-0.4, -0.2) is 30.2 Å². The summed E-state index contributed by atoms with van der Waals surface area (Å²) >= 11 is 0. The molecule has 0 bridgehead atoms. The molecule has 0 aliphatic rings. The van der Waals surface area contributed by atoms with Gasteiger partial charge in [-0.05, 0) is 39.2 Å². The van der Waals surface area contributed by atoms with E-state index in [0.717, 1.165) is 37.6 Å². The van der Waals surface area contributed by atoms with Crippen molar-refractivity contribution in [1.29, 1.82) is 0 Å². The molecular weight excluding hydrogens is 439 g/mol. The first-order chi connectivity index (χ1) is 12.1. The summed E-state index contributed by atoms with van der Waals surface area (Å²) in [7, 11) is 1.81. The number of unbranched alkanes of at least 4 members (excludes halogenated alkanes) is 4. The minimum atomic E-state index is 0. The maximum atomic E-state index is 11.8. The quantitative estimate of drug-likeness (QED) is 0.219. The molecule has 0 fully saturated rings. The molecule has 1 atom stereocenters. The fourth-order valence-electron chi connectivity index (χ4n) is 2.89. The van der Waals surface area contributed by atoms with E-state index in [1.807, 2.05) is 30.7 Å². The van der Waals surface area contributed by atoms with Crippen molar-refractivity contribution in [2.75, 3.05) is 13.6 Å². The summed E-state index contributed by atoms with van der Waals surface area (Å²) in [4.78, 5) is 16.1. The third-order valence-electron chi connectivity index (χ3n) is 4.47. The third kappa shape index (κ3) is 10.2. The molecule has 6 heteroatoms. The zero-order valence-corrected chi connectivity index (χ0v) is 19.2. The molecule has 2 N–H and O–H groups in total. The van der Waals surface area contributed by atoms with E-state index in [1.165, 1.54) is 32.1 Å². The normalized spacial score (nSPS) is 12.4. The van der Waals surface area contributed by atoms with Crippen molar-refractivity contribution in [3.05, 3.63) is 34.2 Å². The largest absolute Gasteiger partial charge is 0.356 e. The van der Waals surface area contributed by atoms with E-state index in [0.29, 0.717) is 6.04 Å². The van der Waals surface area contributed by atoms with Gasteiger partial charge in [-0.15, -0.1) is 24.0 Å². The molecule has 0 saturated carbocycles. The van der Waals surface area contributed by atoms with E-state index < -0.39 is 0 Å². The van der Waals surface area contributed by atoms with E-state index in [9.17, 15) is 4.79 Å². The van der Waals surface area contributed by atoms with Crippen LogP contribution < -0.4 is 16.2 Å². The van der Waals surface area contributed by atoms with Gasteiger partial charge in [-0.2, -0.15) is 0 Å². The van der Waals surface area contributed by atoms with Crippen molar-refractivity contribution >= 4 is 29.9 Å².